The normalized spacial score (nSPS) is 17.3. The van der Waals surface area contributed by atoms with Gasteiger partial charge in [-0.05, 0) is 89.5 Å². The number of rotatable bonds is 6. The molecule has 0 spiro atoms. The first-order valence-corrected chi connectivity index (χ1v) is 14.2. The smallest absolute Gasteiger partial charge is 0.161 e. The number of nitrogens with two attached hydrogens (primary N) is 1. The highest BCUT2D eigenvalue weighted by molar-refractivity contribution is 9.10. The lowest BCUT2D eigenvalue weighted by molar-refractivity contribution is -0.116. The molecule has 6 heteroatoms. The Morgan fingerprint density at radius 2 is 1.82 bits per heavy atom. The maximum atomic E-state index is 13.7. The Bertz CT molecular complexity index is 1560. The Morgan fingerprint density at radius 3 is 2.56 bits per heavy atom. The number of halogens is 1. The Hall–Kier alpha value is -3.82. The van der Waals surface area contributed by atoms with Crippen molar-refractivity contribution in [3.05, 3.63) is 116 Å². The molecule has 1 heterocycles. The molecule has 3 aromatic carbocycles. The SMILES string of the molecule is CCc1ccccc1N1C(N)=C(C#N)C(c2cc(C)cc(COc3ccccc3Br)c2C)C2=C1CCCC2=O. The molecular weight excluding hydrogens is 550 g/mol. The van der Waals surface area contributed by atoms with Crippen molar-refractivity contribution in [1.82, 2.24) is 0 Å². The van der Waals surface area contributed by atoms with E-state index in [0.717, 1.165) is 68.7 Å². The number of nitriles is 1. The molecule has 2 N–H and O–H groups in total. The Kier molecular flexibility index (Phi) is 7.63. The zero-order valence-electron chi connectivity index (χ0n) is 22.6. The van der Waals surface area contributed by atoms with Crippen LogP contribution in [0, 0.1) is 25.2 Å². The van der Waals surface area contributed by atoms with Crippen LogP contribution in [-0.4, -0.2) is 5.78 Å². The van der Waals surface area contributed by atoms with Gasteiger partial charge >= 0.3 is 0 Å². The van der Waals surface area contributed by atoms with E-state index >= 15 is 0 Å². The van der Waals surface area contributed by atoms with Crippen molar-refractivity contribution in [3.8, 4) is 11.8 Å². The number of nitrogens with zero attached hydrogens (tertiary/aromatic N) is 2. The van der Waals surface area contributed by atoms with Gasteiger partial charge in [0.1, 0.15) is 18.2 Å². The molecule has 1 unspecified atom stereocenters. The number of para-hydroxylation sites is 2. The van der Waals surface area contributed by atoms with Crippen LogP contribution >= 0.6 is 15.9 Å². The zero-order chi connectivity index (χ0) is 27.7. The molecule has 39 heavy (non-hydrogen) atoms. The summed E-state index contributed by atoms with van der Waals surface area (Å²) < 4.78 is 7.06. The summed E-state index contributed by atoms with van der Waals surface area (Å²) in [7, 11) is 0. The first-order valence-electron chi connectivity index (χ1n) is 13.4. The largest absolute Gasteiger partial charge is 0.488 e. The molecule has 0 saturated heterocycles. The quantitative estimate of drug-likeness (QED) is 0.325. The molecule has 0 fully saturated rings. The number of hydrogen-bond acceptors (Lipinski definition) is 5. The molecule has 0 radical (unpaired) electrons. The Labute approximate surface area is 238 Å². The number of anilines is 1. The van der Waals surface area contributed by atoms with Gasteiger partial charge in [-0.3, -0.25) is 9.69 Å². The van der Waals surface area contributed by atoms with E-state index in [9.17, 15) is 10.1 Å². The summed E-state index contributed by atoms with van der Waals surface area (Å²) in [6, 6.07) is 22.5. The monoisotopic (exact) mass is 581 g/mol. The fraction of sp³-hybridized carbons (Fsp3) is 0.273. The van der Waals surface area contributed by atoms with Gasteiger partial charge in [0, 0.05) is 17.7 Å². The van der Waals surface area contributed by atoms with Crippen LogP contribution in [0.1, 0.15) is 59.9 Å². The van der Waals surface area contributed by atoms with Crippen molar-refractivity contribution in [2.45, 2.75) is 59.0 Å². The van der Waals surface area contributed by atoms with Crippen molar-refractivity contribution in [3.63, 3.8) is 0 Å². The summed E-state index contributed by atoms with van der Waals surface area (Å²) in [5, 5.41) is 10.5. The minimum atomic E-state index is -0.509. The second-order valence-electron chi connectivity index (χ2n) is 10.2. The van der Waals surface area contributed by atoms with Gasteiger partial charge in [-0.2, -0.15) is 5.26 Å². The molecule has 1 atom stereocenters. The predicted molar refractivity (Wildman–Crippen MR) is 158 cm³/mol. The molecule has 3 aromatic rings. The van der Waals surface area contributed by atoms with Crippen LogP contribution in [0.3, 0.4) is 0 Å². The lowest BCUT2D eigenvalue weighted by Crippen LogP contribution is -2.39. The van der Waals surface area contributed by atoms with Crippen LogP contribution in [0.2, 0.25) is 0 Å². The van der Waals surface area contributed by atoms with E-state index < -0.39 is 5.92 Å². The average molecular weight is 583 g/mol. The molecule has 0 amide bonds. The third-order valence-corrected chi connectivity index (χ3v) is 8.41. The van der Waals surface area contributed by atoms with Gasteiger partial charge in [-0.15, -0.1) is 0 Å². The Morgan fingerprint density at radius 1 is 1.08 bits per heavy atom. The summed E-state index contributed by atoms with van der Waals surface area (Å²) in [6.45, 7) is 6.55. The molecular formula is C33H32BrN3O2. The van der Waals surface area contributed by atoms with Crippen molar-refractivity contribution in [2.75, 3.05) is 4.90 Å². The molecule has 2 aliphatic rings. The molecule has 0 aromatic heterocycles. The second kappa shape index (κ2) is 11.1. The summed E-state index contributed by atoms with van der Waals surface area (Å²) >= 11 is 3.55. The molecule has 1 aliphatic heterocycles. The van der Waals surface area contributed by atoms with Crippen LogP contribution in [-0.2, 0) is 17.8 Å². The fourth-order valence-electron chi connectivity index (χ4n) is 5.83. The highest BCUT2D eigenvalue weighted by Gasteiger charge is 2.41. The first-order chi connectivity index (χ1) is 18.8. The van der Waals surface area contributed by atoms with Gasteiger partial charge in [0.15, 0.2) is 5.78 Å². The van der Waals surface area contributed by atoms with Crippen LogP contribution in [0.5, 0.6) is 5.75 Å². The highest BCUT2D eigenvalue weighted by atomic mass is 79.9. The third-order valence-electron chi connectivity index (χ3n) is 7.76. The standard InChI is InChI=1S/C33H32BrN3O2/c1-4-22-10-5-7-12-27(22)37-28-13-9-14-29(38)32(28)31(25(18-35)33(37)36)24-17-20(2)16-23(21(24)3)19-39-30-15-8-6-11-26(30)34/h5-8,10-12,15-17,31H,4,9,13-14,19,36H2,1-3H3. The topological polar surface area (TPSA) is 79.3 Å². The Balaban J connectivity index is 1.66. The average Bonchev–Trinajstić information content (AvgIpc) is 2.93. The maximum absolute atomic E-state index is 13.7. The van der Waals surface area contributed by atoms with Crippen LogP contribution in [0.25, 0.3) is 0 Å². The molecule has 0 saturated carbocycles. The van der Waals surface area contributed by atoms with Crippen LogP contribution in [0.4, 0.5) is 5.69 Å². The van der Waals surface area contributed by atoms with E-state index in [1.165, 1.54) is 0 Å². The van der Waals surface area contributed by atoms with E-state index in [0.29, 0.717) is 30.0 Å². The van der Waals surface area contributed by atoms with E-state index in [-0.39, 0.29) is 5.78 Å². The first kappa shape index (κ1) is 26.8. The predicted octanol–water partition coefficient (Wildman–Crippen LogP) is 7.51. The summed E-state index contributed by atoms with van der Waals surface area (Å²) in [6.07, 6.45) is 2.79. The van der Waals surface area contributed by atoms with Gasteiger partial charge in [0.2, 0.25) is 0 Å². The number of carbonyl (C=O) groups is 1. The van der Waals surface area contributed by atoms with Gasteiger partial charge in [-0.25, -0.2) is 0 Å². The van der Waals surface area contributed by atoms with Gasteiger partial charge in [-0.1, -0.05) is 55.0 Å². The highest BCUT2D eigenvalue weighted by Crippen LogP contribution is 2.48. The van der Waals surface area contributed by atoms with Crippen LogP contribution in [0.15, 0.2) is 87.8 Å². The number of hydrogen-bond donors (Lipinski definition) is 1. The number of ether oxygens (including phenoxy) is 1. The number of ketones is 1. The van der Waals surface area contributed by atoms with Gasteiger partial charge in [0.05, 0.1) is 27.7 Å². The number of allylic oxidation sites excluding steroid dienone is 3. The van der Waals surface area contributed by atoms with Crippen molar-refractivity contribution in [1.29, 1.82) is 5.26 Å². The van der Waals surface area contributed by atoms with E-state index in [2.05, 4.69) is 47.1 Å². The second-order valence-corrected chi connectivity index (χ2v) is 11.0. The number of Topliss-reactive ketones (excluding diaryl/α,β-unsaturated/α-hetero) is 1. The molecule has 5 nitrogen and oxygen atoms in total. The molecule has 0 bridgehead atoms. The maximum Gasteiger partial charge on any atom is 0.161 e. The lowest BCUT2D eigenvalue weighted by Gasteiger charge is -2.40. The number of carbonyl (C=O) groups excluding carboxylic acids is 1. The fourth-order valence-corrected chi connectivity index (χ4v) is 6.23. The van der Waals surface area contributed by atoms with E-state index in [1.54, 1.807) is 0 Å². The van der Waals surface area contributed by atoms with Crippen LogP contribution < -0.4 is 15.4 Å². The van der Waals surface area contributed by atoms with Gasteiger partial charge < -0.3 is 10.5 Å². The summed E-state index contributed by atoms with van der Waals surface area (Å²) in [4.78, 5) is 15.6. The molecule has 198 valence electrons. The third kappa shape index (κ3) is 4.88. The van der Waals surface area contributed by atoms with Crippen molar-refractivity contribution < 1.29 is 9.53 Å². The van der Waals surface area contributed by atoms with E-state index in [4.69, 9.17) is 10.5 Å². The van der Waals surface area contributed by atoms with Crippen molar-refractivity contribution >= 4 is 27.4 Å². The summed E-state index contributed by atoms with van der Waals surface area (Å²) in [5.41, 5.74) is 15.0. The van der Waals surface area contributed by atoms with Gasteiger partial charge in [0.25, 0.3) is 0 Å². The van der Waals surface area contributed by atoms with Crippen molar-refractivity contribution in [2.24, 2.45) is 5.73 Å². The zero-order valence-corrected chi connectivity index (χ0v) is 24.1. The summed E-state index contributed by atoms with van der Waals surface area (Å²) in [5.74, 6) is 0.748. The molecule has 1 aliphatic carbocycles. The number of aryl methyl sites for hydroxylation is 2. The molecule has 5 rings (SSSR count). The number of benzene rings is 3. The lowest BCUT2D eigenvalue weighted by atomic mass is 9.73. The minimum Gasteiger partial charge on any atom is -0.488 e. The van der Waals surface area contributed by atoms with E-state index in [1.807, 2.05) is 61.2 Å². The minimum absolute atomic E-state index is 0.0902.